The van der Waals surface area contributed by atoms with Crippen LogP contribution >= 0.6 is 0 Å². The van der Waals surface area contributed by atoms with E-state index in [9.17, 15) is 18.8 Å². The number of hydrogen-bond donors (Lipinski definition) is 1. The second kappa shape index (κ2) is 6.00. The number of hydrogen-bond acceptors (Lipinski definition) is 4. The maximum atomic E-state index is 13.4. The molecule has 130 valence electrons. The van der Waals surface area contributed by atoms with E-state index in [2.05, 4.69) is 10.3 Å². The van der Waals surface area contributed by atoms with E-state index in [0.29, 0.717) is 11.3 Å². The maximum absolute atomic E-state index is 13.4. The lowest BCUT2D eigenvalue weighted by molar-refractivity contribution is -0.116. The van der Waals surface area contributed by atoms with E-state index in [1.807, 2.05) is 0 Å². The van der Waals surface area contributed by atoms with Gasteiger partial charge in [-0.2, -0.15) is 0 Å². The van der Waals surface area contributed by atoms with Crippen molar-refractivity contribution in [2.45, 2.75) is 13.5 Å². The molecule has 0 fully saturated rings. The number of imidazole rings is 1. The van der Waals surface area contributed by atoms with Gasteiger partial charge in [-0.3, -0.25) is 18.7 Å². The highest BCUT2D eigenvalue weighted by atomic mass is 19.1. The summed E-state index contributed by atoms with van der Waals surface area (Å²) in [5.74, 6) is -0.896. The van der Waals surface area contributed by atoms with Gasteiger partial charge in [0.05, 0.1) is 6.33 Å². The smallest absolute Gasteiger partial charge is 0.324 e. The molecule has 1 aromatic carbocycles. The predicted molar refractivity (Wildman–Crippen MR) is 90.0 cm³/mol. The number of carbonyl (C=O) groups excluding carboxylic acids is 1. The SMILES string of the molecule is Cc1cc(F)cc(NC(=O)Cn2cnc3c2c(=O)n(C)c(=O)n3C)c1. The van der Waals surface area contributed by atoms with Crippen LogP contribution in [-0.2, 0) is 25.4 Å². The van der Waals surface area contributed by atoms with Crippen LogP contribution in [0.25, 0.3) is 11.2 Å². The summed E-state index contributed by atoms with van der Waals surface area (Å²) in [5.41, 5.74) is 0.310. The molecule has 2 heterocycles. The molecule has 0 saturated heterocycles. The van der Waals surface area contributed by atoms with Gasteiger partial charge < -0.3 is 9.88 Å². The van der Waals surface area contributed by atoms with Gasteiger partial charge in [-0.15, -0.1) is 0 Å². The van der Waals surface area contributed by atoms with Gasteiger partial charge in [-0.25, -0.2) is 14.2 Å². The fourth-order valence-corrected chi connectivity index (χ4v) is 2.68. The Hall–Kier alpha value is -3.23. The van der Waals surface area contributed by atoms with Crippen molar-refractivity contribution in [1.82, 2.24) is 18.7 Å². The summed E-state index contributed by atoms with van der Waals surface area (Å²) in [6, 6.07) is 4.19. The zero-order chi connectivity index (χ0) is 18.3. The zero-order valence-corrected chi connectivity index (χ0v) is 13.9. The molecule has 0 radical (unpaired) electrons. The van der Waals surface area contributed by atoms with Crippen LogP contribution in [0.2, 0.25) is 0 Å². The minimum absolute atomic E-state index is 0.148. The van der Waals surface area contributed by atoms with Crippen LogP contribution in [0.3, 0.4) is 0 Å². The van der Waals surface area contributed by atoms with E-state index in [1.54, 1.807) is 13.0 Å². The van der Waals surface area contributed by atoms with Crippen molar-refractivity contribution in [3.63, 3.8) is 0 Å². The van der Waals surface area contributed by atoms with E-state index in [0.717, 1.165) is 4.57 Å². The minimum atomic E-state index is -0.537. The summed E-state index contributed by atoms with van der Waals surface area (Å²) in [5, 5.41) is 2.58. The van der Waals surface area contributed by atoms with Crippen molar-refractivity contribution < 1.29 is 9.18 Å². The van der Waals surface area contributed by atoms with Crippen molar-refractivity contribution in [3.8, 4) is 0 Å². The lowest BCUT2D eigenvalue weighted by atomic mass is 10.2. The van der Waals surface area contributed by atoms with Gasteiger partial charge in [0.1, 0.15) is 12.4 Å². The highest BCUT2D eigenvalue weighted by molar-refractivity contribution is 5.91. The third-order valence-corrected chi connectivity index (χ3v) is 3.86. The number of rotatable bonds is 3. The van der Waals surface area contributed by atoms with E-state index in [4.69, 9.17) is 0 Å². The number of halogens is 1. The Morgan fingerprint density at radius 1 is 1.20 bits per heavy atom. The fourth-order valence-electron chi connectivity index (χ4n) is 2.68. The van der Waals surface area contributed by atoms with E-state index in [1.165, 1.54) is 41.7 Å². The van der Waals surface area contributed by atoms with Gasteiger partial charge in [0, 0.05) is 19.8 Å². The van der Waals surface area contributed by atoms with Crippen molar-refractivity contribution in [3.05, 3.63) is 56.7 Å². The Bertz CT molecular complexity index is 1090. The number of fused-ring (bicyclic) bond motifs is 1. The van der Waals surface area contributed by atoms with Crippen LogP contribution in [0.1, 0.15) is 5.56 Å². The van der Waals surface area contributed by atoms with Crippen LogP contribution in [0.4, 0.5) is 10.1 Å². The van der Waals surface area contributed by atoms with E-state index < -0.39 is 23.0 Å². The number of amides is 1. The summed E-state index contributed by atoms with van der Waals surface area (Å²) in [6.45, 7) is 1.52. The molecule has 0 saturated carbocycles. The molecule has 0 unspecified atom stereocenters. The largest absolute Gasteiger partial charge is 0.332 e. The number of carbonyl (C=O) groups is 1. The summed E-state index contributed by atoms with van der Waals surface area (Å²) in [4.78, 5) is 40.5. The average molecular weight is 345 g/mol. The van der Waals surface area contributed by atoms with Gasteiger partial charge in [0.15, 0.2) is 11.2 Å². The van der Waals surface area contributed by atoms with Crippen molar-refractivity contribution in [2.75, 3.05) is 5.32 Å². The number of benzene rings is 1. The number of aromatic nitrogens is 4. The standard InChI is InChI=1S/C16H16FN5O3/c1-9-4-10(17)6-11(5-9)19-12(23)7-22-8-18-14-13(22)15(24)21(3)16(25)20(14)2/h4-6,8H,7H2,1-3H3,(H,19,23). The number of nitrogens with one attached hydrogen (secondary N) is 1. The quantitative estimate of drug-likeness (QED) is 0.749. The van der Waals surface area contributed by atoms with Crippen LogP contribution in [0, 0.1) is 12.7 Å². The predicted octanol–water partition coefficient (Wildman–Crippen LogP) is 0.520. The third kappa shape index (κ3) is 2.95. The van der Waals surface area contributed by atoms with Gasteiger partial charge in [-0.1, -0.05) is 0 Å². The summed E-state index contributed by atoms with van der Waals surface area (Å²) >= 11 is 0. The van der Waals surface area contributed by atoms with Crippen LogP contribution in [0.5, 0.6) is 0 Å². The van der Waals surface area contributed by atoms with Crippen molar-refractivity contribution in [2.24, 2.45) is 14.1 Å². The second-order valence-electron chi connectivity index (χ2n) is 5.82. The van der Waals surface area contributed by atoms with E-state index >= 15 is 0 Å². The Balaban J connectivity index is 1.94. The topological polar surface area (TPSA) is 90.9 Å². The lowest BCUT2D eigenvalue weighted by Gasteiger charge is -2.08. The van der Waals surface area contributed by atoms with Crippen LogP contribution in [-0.4, -0.2) is 24.6 Å². The van der Waals surface area contributed by atoms with Gasteiger partial charge in [0.25, 0.3) is 5.56 Å². The molecule has 3 aromatic rings. The van der Waals surface area contributed by atoms with Crippen molar-refractivity contribution in [1.29, 1.82) is 0 Å². The molecule has 0 spiro atoms. The first-order chi connectivity index (χ1) is 11.8. The Kier molecular flexibility index (Phi) is 3.99. The molecule has 1 amide bonds. The number of anilines is 1. The Morgan fingerprint density at radius 3 is 2.60 bits per heavy atom. The number of aryl methyl sites for hydroxylation is 2. The molecule has 0 aliphatic carbocycles. The summed E-state index contributed by atoms with van der Waals surface area (Å²) in [7, 11) is 2.86. The minimum Gasteiger partial charge on any atom is -0.324 e. The fraction of sp³-hybridized carbons (Fsp3) is 0.250. The Morgan fingerprint density at radius 2 is 1.92 bits per heavy atom. The number of nitrogens with zero attached hydrogens (tertiary/aromatic N) is 4. The highest BCUT2D eigenvalue weighted by Gasteiger charge is 2.16. The molecule has 0 atom stereocenters. The maximum Gasteiger partial charge on any atom is 0.332 e. The molecule has 0 bridgehead atoms. The van der Waals surface area contributed by atoms with Crippen molar-refractivity contribution >= 4 is 22.8 Å². The second-order valence-corrected chi connectivity index (χ2v) is 5.82. The molecule has 0 aliphatic rings. The summed E-state index contributed by atoms with van der Waals surface area (Å²) in [6.07, 6.45) is 1.32. The van der Waals surface area contributed by atoms with Crippen LogP contribution in [0.15, 0.2) is 34.1 Å². The average Bonchev–Trinajstić information content (AvgIpc) is 2.93. The molecule has 9 heteroatoms. The Labute approximate surface area is 141 Å². The molecular formula is C16H16FN5O3. The van der Waals surface area contributed by atoms with Gasteiger partial charge >= 0.3 is 5.69 Å². The monoisotopic (exact) mass is 345 g/mol. The first-order valence-corrected chi connectivity index (χ1v) is 7.46. The van der Waals surface area contributed by atoms with E-state index in [-0.39, 0.29) is 17.7 Å². The highest BCUT2D eigenvalue weighted by Crippen LogP contribution is 2.13. The summed E-state index contributed by atoms with van der Waals surface area (Å²) < 4.78 is 17.0. The lowest BCUT2D eigenvalue weighted by Crippen LogP contribution is -2.37. The molecule has 2 aromatic heterocycles. The molecular weight excluding hydrogens is 329 g/mol. The molecule has 25 heavy (non-hydrogen) atoms. The molecule has 1 N–H and O–H groups in total. The third-order valence-electron chi connectivity index (χ3n) is 3.86. The van der Waals surface area contributed by atoms with Gasteiger partial charge in [0.2, 0.25) is 5.91 Å². The van der Waals surface area contributed by atoms with Crippen LogP contribution < -0.4 is 16.6 Å². The zero-order valence-electron chi connectivity index (χ0n) is 13.9. The molecule has 8 nitrogen and oxygen atoms in total. The molecule has 3 rings (SSSR count). The first kappa shape index (κ1) is 16.6. The first-order valence-electron chi connectivity index (χ1n) is 7.46. The normalized spacial score (nSPS) is 11.0. The van der Waals surface area contributed by atoms with Gasteiger partial charge in [-0.05, 0) is 30.7 Å². The molecule has 0 aliphatic heterocycles.